The second-order valence-electron chi connectivity index (χ2n) is 5.10. The van der Waals surface area contributed by atoms with Crippen LogP contribution in [0.15, 0.2) is 24.4 Å². The number of pyridine rings is 1. The fourth-order valence-corrected chi connectivity index (χ4v) is 2.42. The number of hydrogen-bond donors (Lipinski definition) is 1. The third-order valence-corrected chi connectivity index (χ3v) is 3.47. The van der Waals surface area contributed by atoms with Crippen LogP contribution in [0.1, 0.15) is 18.5 Å². The van der Waals surface area contributed by atoms with E-state index in [9.17, 15) is 0 Å². The van der Waals surface area contributed by atoms with Crippen molar-refractivity contribution in [1.29, 1.82) is 0 Å². The number of nitrogens with zero attached hydrogens (tertiary/aromatic N) is 4. The Labute approximate surface area is 124 Å². The highest BCUT2D eigenvalue weighted by Gasteiger charge is 2.13. The van der Waals surface area contributed by atoms with Crippen LogP contribution in [0.2, 0.25) is 0 Å². The van der Waals surface area contributed by atoms with Gasteiger partial charge in [0.15, 0.2) is 0 Å². The first-order valence-electron chi connectivity index (χ1n) is 7.12. The van der Waals surface area contributed by atoms with E-state index >= 15 is 0 Å². The lowest BCUT2D eigenvalue weighted by Crippen LogP contribution is -2.18. The lowest BCUT2D eigenvalue weighted by atomic mass is 10.4. The van der Waals surface area contributed by atoms with Gasteiger partial charge in [0.2, 0.25) is 11.8 Å². The Morgan fingerprint density at radius 2 is 2.00 bits per heavy atom. The molecular weight excluding hydrogens is 266 g/mol. The van der Waals surface area contributed by atoms with Crippen LogP contribution in [0.5, 0.6) is 5.88 Å². The van der Waals surface area contributed by atoms with Crippen molar-refractivity contribution < 1.29 is 4.74 Å². The molecule has 2 aromatic heterocycles. The van der Waals surface area contributed by atoms with Gasteiger partial charge in [-0.05, 0) is 31.9 Å². The first-order valence-corrected chi connectivity index (χ1v) is 7.12. The predicted molar refractivity (Wildman–Crippen MR) is 82.3 cm³/mol. The van der Waals surface area contributed by atoms with E-state index in [-0.39, 0.29) is 0 Å². The van der Waals surface area contributed by atoms with Gasteiger partial charge < -0.3 is 15.0 Å². The molecule has 110 valence electrons. The third kappa shape index (κ3) is 3.21. The van der Waals surface area contributed by atoms with Crippen LogP contribution in [-0.4, -0.2) is 35.2 Å². The zero-order chi connectivity index (χ0) is 14.7. The quantitative estimate of drug-likeness (QED) is 0.931. The molecule has 0 bridgehead atoms. The van der Waals surface area contributed by atoms with Crippen molar-refractivity contribution in [2.75, 3.05) is 30.4 Å². The van der Waals surface area contributed by atoms with Crippen LogP contribution >= 0.6 is 0 Å². The Bertz CT molecular complexity index is 608. The maximum Gasteiger partial charge on any atom is 0.230 e. The SMILES string of the molecule is COc1cc(C)nc(Nc2ccc(N3CCCC3)nc2)n1. The van der Waals surface area contributed by atoms with E-state index in [1.54, 1.807) is 13.2 Å². The summed E-state index contributed by atoms with van der Waals surface area (Å²) in [6.45, 7) is 4.10. The Morgan fingerprint density at radius 1 is 1.19 bits per heavy atom. The fraction of sp³-hybridized carbons (Fsp3) is 0.400. The van der Waals surface area contributed by atoms with E-state index < -0.39 is 0 Å². The molecule has 0 amide bonds. The molecule has 2 aromatic rings. The molecule has 6 nitrogen and oxygen atoms in total. The highest BCUT2D eigenvalue weighted by atomic mass is 16.5. The minimum atomic E-state index is 0.516. The standard InChI is InChI=1S/C15H19N5O/c1-11-9-14(21-2)19-15(17-11)18-12-5-6-13(16-10-12)20-7-3-4-8-20/h5-6,9-10H,3-4,7-8H2,1-2H3,(H,17,18,19). The van der Waals surface area contributed by atoms with Crippen LogP contribution in [-0.2, 0) is 0 Å². The zero-order valence-electron chi connectivity index (χ0n) is 12.3. The summed E-state index contributed by atoms with van der Waals surface area (Å²) in [7, 11) is 1.60. The molecule has 21 heavy (non-hydrogen) atoms. The minimum absolute atomic E-state index is 0.516. The van der Waals surface area contributed by atoms with E-state index in [1.165, 1.54) is 12.8 Å². The second-order valence-corrected chi connectivity index (χ2v) is 5.10. The molecule has 0 aliphatic carbocycles. The van der Waals surface area contributed by atoms with Gasteiger partial charge >= 0.3 is 0 Å². The maximum atomic E-state index is 5.15. The molecular formula is C15H19N5O. The van der Waals surface area contributed by atoms with Crippen molar-refractivity contribution in [3.8, 4) is 5.88 Å². The van der Waals surface area contributed by atoms with E-state index in [1.807, 2.05) is 25.3 Å². The van der Waals surface area contributed by atoms with Crippen molar-refractivity contribution in [2.45, 2.75) is 19.8 Å². The lowest BCUT2D eigenvalue weighted by Gasteiger charge is -2.16. The Balaban J connectivity index is 1.74. The summed E-state index contributed by atoms with van der Waals surface area (Å²) in [4.78, 5) is 15.4. The number of rotatable bonds is 4. The number of anilines is 3. The van der Waals surface area contributed by atoms with E-state index in [0.717, 1.165) is 30.3 Å². The van der Waals surface area contributed by atoms with Gasteiger partial charge in [0.25, 0.3) is 0 Å². The normalized spacial score (nSPS) is 14.3. The Hall–Kier alpha value is -2.37. The number of ether oxygens (including phenoxy) is 1. The summed E-state index contributed by atoms with van der Waals surface area (Å²) in [5.74, 6) is 2.09. The number of aromatic nitrogens is 3. The monoisotopic (exact) mass is 285 g/mol. The second kappa shape index (κ2) is 5.95. The van der Waals surface area contributed by atoms with Crippen LogP contribution < -0.4 is 15.0 Å². The van der Waals surface area contributed by atoms with Crippen molar-refractivity contribution in [1.82, 2.24) is 15.0 Å². The molecule has 0 aromatic carbocycles. The molecule has 0 spiro atoms. The predicted octanol–water partition coefficient (Wildman–Crippen LogP) is 2.53. The molecule has 6 heteroatoms. The highest BCUT2D eigenvalue weighted by molar-refractivity contribution is 5.55. The molecule has 0 unspecified atom stereocenters. The van der Waals surface area contributed by atoms with Crippen LogP contribution in [0.25, 0.3) is 0 Å². The first-order chi connectivity index (χ1) is 10.2. The van der Waals surface area contributed by atoms with Crippen LogP contribution in [0, 0.1) is 6.92 Å². The third-order valence-electron chi connectivity index (χ3n) is 3.47. The van der Waals surface area contributed by atoms with Crippen molar-refractivity contribution >= 4 is 17.5 Å². The molecule has 0 radical (unpaired) electrons. The van der Waals surface area contributed by atoms with E-state index in [0.29, 0.717) is 11.8 Å². The van der Waals surface area contributed by atoms with Crippen molar-refractivity contribution in [2.24, 2.45) is 0 Å². The van der Waals surface area contributed by atoms with Gasteiger partial charge in [0.05, 0.1) is 19.0 Å². The molecule has 1 aliphatic rings. The topological polar surface area (TPSA) is 63.2 Å². The van der Waals surface area contributed by atoms with Crippen molar-refractivity contribution in [3.05, 3.63) is 30.1 Å². The van der Waals surface area contributed by atoms with Gasteiger partial charge in [-0.3, -0.25) is 0 Å². The fourth-order valence-electron chi connectivity index (χ4n) is 2.42. The average Bonchev–Trinajstić information content (AvgIpc) is 3.01. The smallest absolute Gasteiger partial charge is 0.230 e. The first kappa shape index (κ1) is 13.6. The van der Waals surface area contributed by atoms with Crippen LogP contribution in [0.3, 0.4) is 0 Å². The summed E-state index contributed by atoms with van der Waals surface area (Å²) in [6, 6.07) is 5.82. The van der Waals surface area contributed by atoms with Gasteiger partial charge in [-0.2, -0.15) is 4.98 Å². The Morgan fingerprint density at radius 3 is 2.67 bits per heavy atom. The van der Waals surface area contributed by atoms with E-state index in [4.69, 9.17) is 4.74 Å². The van der Waals surface area contributed by atoms with Gasteiger partial charge in [0, 0.05) is 24.8 Å². The summed E-state index contributed by atoms with van der Waals surface area (Å²) in [6.07, 6.45) is 4.31. The largest absolute Gasteiger partial charge is 0.481 e. The van der Waals surface area contributed by atoms with E-state index in [2.05, 4.69) is 25.2 Å². The van der Waals surface area contributed by atoms with Crippen LogP contribution in [0.4, 0.5) is 17.5 Å². The number of hydrogen-bond acceptors (Lipinski definition) is 6. The molecule has 1 aliphatic heterocycles. The molecule has 1 N–H and O–H groups in total. The summed E-state index contributed by atoms with van der Waals surface area (Å²) >= 11 is 0. The lowest BCUT2D eigenvalue weighted by molar-refractivity contribution is 0.397. The maximum absolute atomic E-state index is 5.15. The molecule has 0 saturated carbocycles. The van der Waals surface area contributed by atoms with Gasteiger partial charge in [-0.1, -0.05) is 0 Å². The minimum Gasteiger partial charge on any atom is -0.481 e. The molecule has 3 rings (SSSR count). The Kier molecular flexibility index (Phi) is 3.85. The highest BCUT2D eigenvalue weighted by Crippen LogP contribution is 2.21. The molecule has 1 saturated heterocycles. The average molecular weight is 285 g/mol. The molecule has 0 atom stereocenters. The summed E-state index contributed by atoms with van der Waals surface area (Å²) in [5.41, 5.74) is 1.72. The zero-order valence-corrected chi connectivity index (χ0v) is 12.3. The number of aryl methyl sites for hydroxylation is 1. The van der Waals surface area contributed by atoms with Crippen molar-refractivity contribution in [3.63, 3.8) is 0 Å². The summed E-state index contributed by atoms with van der Waals surface area (Å²) < 4.78 is 5.15. The molecule has 3 heterocycles. The van der Waals surface area contributed by atoms with Gasteiger partial charge in [0.1, 0.15) is 5.82 Å². The van der Waals surface area contributed by atoms with Gasteiger partial charge in [-0.15, -0.1) is 0 Å². The number of nitrogens with one attached hydrogen (secondary N) is 1. The van der Waals surface area contributed by atoms with Gasteiger partial charge in [-0.25, -0.2) is 9.97 Å². The molecule has 1 fully saturated rings. The number of methoxy groups -OCH3 is 1. The summed E-state index contributed by atoms with van der Waals surface area (Å²) in [5, 5.41) is 3.15.